The topological polar surface area (TPSA) is 81.4 Å². The third-order valence-electron chi connectivity index (χ3n) is 5.77. The van der Waals surface area contributed by atoms with Crippen LogP contribution < -0.4 is 10.6 Å². The van der Waals surface area contributed by atoms with Crippen molar-refractivity contribution in [1.29, 1.82) is 0 Å². The number of imidazole rings is 2. The Hall–Kier alpha value is -3.40. The molecule has 6 nitrogen and oxygen atoms in total. The van der Waals surface area contributed by atoms with E-state index in [1.165, 1.54) is 17.5 Å². The van der Waals surface area contributed by atoms with E-state index in [2.05, 4.69) is 92.8 Å². The van der Waals surface area contributed by atoms with Crippen molar-refractivity contribution >= 4 is 11.0 Å². The van der Waals surface area contributed by atoms with E-state index in [4.69, 9.17) is 0 Å². The molecule has 4 aromatic rings. The lowest BCUT2D eigenvalue weighted by molar-refractivity contribution is 0.613. The van der Waals surface area contributed by atoms with Gasteiger partial charge in [-0.05, 0) is 61.2 Å². The van der Waals surface area contributed by atoms with Gasteiger partial charge in [-0.2, -0.15) is 0 Å². The molecule has 164 valence electrons. The standard InChI is InChI=1S/C24H28N6.C2H2/c1-2-11-25-15-23-28-19-10-9-18(13-21(19)29-23)16-5-7-17(8-6-16)22-14-27-24(30-22)20-4-3-12-26-20;1-2/h5-10,13-14,20,25-26H,2-4,11-12,15H2,1H3,(H,27,30)(H,28,29);1-2H/t20-;/m0./s1. The molecular weight excluding hydrogens is 396 g/mol. The number of H-pyrrole nitrogens is 2. The van der Waals surface area contributed by atoms with E-state index >= 15 is 0 Å². The molecule has 6 heteroatoms. The lowest BCUT2D eigenvalue weighted by Crippen LogP contribution is -2.14. The van der Waals surface area contributed by atoms with Crippen LogP contribution in [0.2, 0.25) is 0 Å². The van der Waals surface area contributed by atoms with Gasteiger partial charge in [-0.3, -0.25) is 0 Å². The Labute approximate surface area is 189 Å². The average molecular weight is 427 g/mol. The van der Waals surface area contributed by atoms with Gasteiger partial charge in [0.05, 0.1) is 35.5 Å². The number of nitrogens with one attached hydrogen (secondary N) is 4. The highest BCUT2D eigenvalue weighted by Gasteiger charge is 2.19. The normalized spacial score (nSPS) is 15.5. The molecule has 0 aliphatic carbocycles. The van der Waals surface area contributed by atoms with Crippen LogP contribution in [0.15, 0.2) is 48.7 Å². The van der Waals surface area contributed by atoms with Crippen molar-refractivity contribution in [2.75, 3.05) is 13.1 Å². The predicted octanol–water partition coefficient (Wildman–Crippen LogP) is 4.79. The molecule has 0 spiro atoms. The van der Waals surface area contributed by atoms with Gasteiger partial charge in [-0.1, -0.05) is 37.3 Å². The maximum absolute atomic E-state index is 4.67. The van der Waals surface area contributed by atoms with Gasteiger partial charge >= 0.3 is 0 Å². The Morgan fingerprint density at radius 2 is 1.81 bits per heavy atom. The third-order valence-corrected chi connectivity index (χ3v) is 5.77. The minimum atomic E-state index is 0.362. The summed E-state index contributed by atoms with van der Waals surface area (Å²) < 4.78 is 0. The lowest BCUT2D eigenvalue weighted by atomic mass is 10.0. The Bertz CT molecular complexity index is 1160. The zero-order valence-corrected chi connectivity index (χ0v) is 18.5. The molecule has 32 heavy (non-hydrogen) atoms. The minimum Gasteiger partial charge on any atom is -0.341 e. The fraction of sp³-hybridized carbons (Fsp3) is 0.308. The van der Waals surface area contributed by atoms with Crippen molar-refractivity contribution < 1.29 is 0 Å². The molecule has 1 fully saturated rings. The molecule has 0 saturated carbocycles. The molecule has 2 aromatic carbocycles. The second kappa shape index (κ2) is 10.3. The summed E-state index contributed by atoms with van der Waals surface area (Å²) in [5.41, 5.74) is 6.69. The Morgan fingerprint density at radius 3 is 2.56 bits per heavy atom. The zero-order chi connectivity index (χ0) is 22.3. The number of hydrogen-bond acceptors (Lipinski definition) is 4. The van der Waals surface area contributed by atoms with Gasteiger partial charge in [0.15, 0.2) is 0 Å². The van der Waals surface area contributed by atoms with E-state index in [1.807, 2.05) is 6.20 Å². The van der Waals surface area contributed by atoms with E-state index in [0.29, 0.717) is 6.04 Å². The van der Waals surface area contributed by atoms with Crippen LogP contribution in [-0.4, -0.2) is 33.0 Å². The van der Waals surface area contributed by atoms with Crippen molar-refractivity contribution in [1.82, 2.24) is 30.6 Å². The summed E-state index contributed by atoms with van der Waals surface area (Å²) in [6.45, 7) is 5.02. The number of hydrogen-bond donors (Lipinski definition) is 4. The molecule has 0 amide bonds. The number of aromatic nitrogens is 4. The molecule has 0 bridgehead atoms. The highest BCUT2D eigenvalue weighted by molar-refractivity contribution is 5.82. The van der Waals surface area contributed by atoms with Gasteiger partial charge in [0.2, 0.25) is 0 Å². The van der Waals surface area contributed by atoms with Gasteiger partial charge in [-0.25, -0.2) is 9.97 Å². The summed E-state index contributed by atoms with van der Waals surface area (Å²) >= 11 is 0. The molecular formula is C26H30N6. The molecule has 0 radical (unpaired) electrons. The van der Waals surface area contributed by atoms with Crippen LogP contribution in [0.5, 0.6) is 0 Å². The summed E-state index contributed by atoms with van der Waals surface area (Å²) in [6, 6.07) is 15.4. The smallest absolute Gasteiger partial charge is 0.123 e. The van der Waals surface area contributed by atoms with Crippen LogP contribution in [0.3, 0.4) is 0 Å². The second-order valence-corrected chi connectivity index (χ2v) is 8.00. The van der Waals surface area contributed by atoms with Crippen molar-refractivity contribution in [2.45, 2.75) is 38.8 Å². The minimum absolute atomic E-state index is 0.362. The van der Waals surface area contributed by atoms with Crippen LogP contribution in [0.4, 0.5) is 0 Å². The molecule has 5 rings (SSSR count). The Balaban J connectivity index is 0.00000119. The van der Waals surface area contributed by atoms with Crippen molar-refractivity contribution in [3.8, 4) is 35.2 Å². The van der Waals surface area contributed by atoms with Gasteiger partial charge in [-0.15, -0.1) is 12.8 Å². The van der Waals surface area contributed by atoms with Crippen LogP contribution in [0, 0.1) is 12.8 Å². The maximum Gasteiger partial charge on any atom is 0.123 e. The van der Waals surface area contributed by atoms with Crippen LogP contribution in [0.1, 0.15) is 43.9 Å². The predicted molar refractivity (Wildman–Crippen MR) is 131 cm³/mol. The first-order valence-corrected chi connectivity index (χ1v) is 11.2. The van der Waals surface area contributed by atoms with Crippen molar-refractivity contribution in [2.24, 2.45) is 0 Å². The fourth-order valence-corrected chi connectivity index (χ4v) is 4.13. The maximum atomic E-state index is 4.67. The second-order valence-electron chi connectivity index (χ2n) is 8.00. The molecule has 0 unspecified atom stereocenters. The number of fused-ring (bicyclic) bond motifs is 1. The number of rotatable bonds is 7. The first-order chi connectivity index (χ1) is 15.8. The molecule has 1 aliphatic heterocycles. The Morgan fingerprint density at radius 1 is 1.03 bits per heavy atom. The van der Waals surface area contributed by atoms with Crippen molar-refractivity contribution in [3.63, 3.8) is 0 Å². The van der Waals surface area contributed by atoms with Gasteiger partial charge in [0.1, 0.15) is 11.6 Å². The summed E-state index contributed by atoms with van der Waals surface area (Å²) in [5, 5.41) is 6.89. The SMILES string of the molecule is C#C.CCCNCc1nc2ccc(-c3ccc(-c4cnc([C@@H]5CCCN5)[nH]4)cc3)cc2[nH]1. The van der Waals surface area contributed by atoms with Crippen LogP contribution in [-0.2, 0) is 6.54 Å². The summed E-state index contributed by atoms with van der Waals surface area (Å²) in [6.07, 6.45) is 13.4. The van der Waals surface area contributed by atoms with Crippen LogP contribution >= 0.6 is 0 Å². The number of aromatic amines is 2. The van der Waals surface area contributed by atoms with Crippen LogP contribution in [0.25, 0.3) is 33.4 Å². The first kappa shape index (κ1) is 21.8. The van der Waals surface area contributed by atoms with Gasteiger partial charge in [0, 0.05) is 0 Å². The van der Waals surface area contributed by atoms with Gasteiger partial charge in [0.25, 0.3) is 0 Å². The van der Waals surface area contributed by atoms with Crippen molar-refractivity contribution in [3.05, 3.63) is 60.3 Å². The van der Waals surface area contributed by atoms with E-state index in [-0.39, 0.29) is 0 Å². The molecule has 1 saturated heterocycles. The molecule has 1 atom stereocenters. The number of benzene rings is 2. The molecule has 2 aromatic heterocycles. The highest BCUT2D eigenvalue weighted by Crippen LogP contribution is 2.28. The highest BCUT2D eigenvalue weighted by atomic mass is 15.0. The summed E-state index contributed by atoms with van der Waals surface area (Å²) in [7, 11) is 0. The lowest BCUT2D eigenvalue weighted by Gasteiger charge is -2.06. The summed E-state index contributed by atoms with van der Waals surface area (Å²) in [4.78, 5) is 16.2. The largest absolute Gasteiger partial charge is 0.341 e. The molecule has 3 heterocycles. The number of terminal acetylenes is 1. The van der Waals surface area contributed by atoms with Gasteiger partial charge < -0.3 is 20.6 Å². The Kier molecular flexibility index (Phi) is 7.00. The number of nitrogens with zero attached hydrogens (tertiary/aromatic N) is 2. The molecule has 1 aliphatic rings. The third kappa shape index (κ3) is 4.75. The van der Waals surface area contributed by atoms with E-state index < -0.39 is 0 Å². The summed E-state index contributed by atoms with van der Waals surface area (Å²) in [5.74, 6) is 2.03. The van der Waals surface area contributed by atoms with E-state index in [0.717, 1.165) is 66.4 Å². The first-order valence-electron chi connectivity index (χ1n) is 11.2. The monoisotopic (exact) mass is 426 g/mol. The fourth-order valence-electron chi connectivity index (χ4n) is 4.13. The van der Waals surface area contributed by atoms with E-state index in [9.17, 15) is 0 Å². The molecule has 4 N–H and O–H groups in total. The average Bonchev–Trinajstić information content (AvgIpc) is 3.60. The van der Waals surface area contributed by atoms with E-state index in [1.54, 1.807) is 0 Å². The quantitative estimate of drug-likeness (QED) is 0.253. The zero-order valence-electron chi connectivity index (χ0n) is 18.5.